The standard InChI is InChI=1S/C19H36N2O3/c1-14(18(2,3)4)12-16(22)21-11-9-8-10-15(21)13-20-17(23)24-19(5,6)7/h14-15H,8-13H2,1-7H3,(H,20,23). The molecule has 1 heterocycles. The maximum atomic E-state index is 12.7. The first kappa shape index (κ1) is 20.8. The quantitative estimate of drug-likeness (QED) is 0.842. The van der Waals surface area contributed by atoms with Crippen molar-refractivity contribution in [2.45, 2.75) is 85.8 Å². The van der Waals surface area contributed by atoms with Gasteiger partial charge in [-0.05, 0) is 51.4 Å². The summed E-state index contributed by atoms with van der Waals surface area (Å²) in [5.74, 6) is 0.527. The molecule has 0 aromatic rings. The van der Waals surface area contributed by atoms with E-state index in [9.17, 15) is 9.59 Å². The van der Waals surface area contributed by atoms with Gasteiger partial charge in [0.05, 0.1) is 0 Å². The van der Waals surface area contributed by atoms with Crippen LogP contribution in [0.2, 0.25) is 0 Å². The van der Waals surface area contributed by atoms with E-state index >= 15 is 0 Å². The third-order valence-electron chi connectivity index (χ3n) is 4.79. The zero-order chi connectivity index (χ0) is 18.5. The fourth-order valence-electron chi connectivity index (χ4n) is 2.74. The fraction of sp³-hybridized carbons (Fsp3) is 0.895. The molecule has 1 aliphatic rings. The third kappa shape index (κ3) is 7.10. The minimum absolute atomic E-state index is 0.0749. The Balaban J connectivity index is 2.58. The van der Waals surface area contributed by atoms with Crippen molar-refractivity contribution in [3.8, 4) is 0 Å². The number of likely N-dealkylation sites (tertiary alicyclic amines) is 1. The highest BCUT2D eigenvalue weighted by molar-refractivity contribution is 5.77. The van der Waals surface area contributed by atoms with Gasteiger partial charge in [0.1, 0.15) is 5.60 Å². The van der Waals surface area contributed by atoms with Gasteiger partial charge in [-0.2, -0.15) is 0 Å². The van der Waals surface area contributed by atoms with Crippen LogP contribution in [0, 0.1) is 11.3 Å². The van der Waals surface area contributed by atoms with Gasteiger partial charge in [-0.1, -0.05) is 27.7 Å². The van der Waals surface area contributed by atoms with Crippen molar-refractivity contribution < 1.29 is 14.3 Å². The van der Waals surface area contributed by atoms with Gasteiger partial charge in [0.25, 0.3) is 0 Å². The first-order valence-corrected chi connectivity index (χ1v) is 9.16. The van der Waals surface area contributed by atoms with Gasteiger partial charge in [0.15, 0.2) is 0 Å². The summed E-state index contributed by atoms with van der Waals surface area (Å²) >= 11 is 0. The predicted octanol–water partition coefficient (Wildman–Crippen LogP) is 3.96. The average Bonchev–Trinajstić information content (AvgIpc) is 2.42. The molecule has 0 aromatic carbocycles. The number of hydrogen-bond donors (Lipinski definition) is 1. The first-order valence-electron chi connectivity index (χ1n) is 9.16. The largest absolute Gasteiger partial charge is 0.444 e. The van der Waals surface area contributed by atoms with Crippen LogP contribution in [-0.4, -0.2) is 41.6 Å². The molecule has 1 saturated heterocycles. The first-order chi connectivity index (χ1) is 10.9. The van der Waals surface area contributed by atoms with E-state index in [1.165, 1.54) is 0 Å². The summed E-state index contributed by atoms with van der Waals surface area (Å²) in [7, 11) is 0. The molecule has 1 aliphatic heterocycles. The highest BCUT2D eigenvalue weighted by Crippen LogP contribution is 2.29. The van der Waals surface area contributed by atoms with Crippen LogP contribution in [0.4, 0.5) is 4.79 Å². The molecule has 1 fully saturated rings. The third-order valence-corrected chi connectivity index (χ3v) is 4.79. The van der Waals surface area contributed by atoms with E-state index in [2.05, 4.69) is 33.0 Å². The Labute approximate surface area is 147 Å². The Hall–Kier alpha value is -1.26. The van der Waals surface area contributed by atoms with Gasteiger partial charge >= 0.3 is 6.09 Å². The lowest BCUT2D eigenvalue weighted by atomic mass is 9.79. The molecular weight excluding hydrogens is 304 g/mol. The van der Waals surface area contributed by atoms with Crippen molar-refractivity contribution in [1.82, 2.24) is 10.2 Å². The van der Waals surface area contributed by atoms with E-state index in [4.69, 9.17) is 4.74 Å². The highest BCUT2D eigenvalue weighted by Gasteiger charge is 2.30. The van der Waals surface area contributed by atoms with E-state index < -0.39 is 11.7 Å². The van der Waals surface area contributed by atoms with Gasteiger partial charge in [-0.15, -0.1) is 0 Å². The molecule has 140 valence electrons. The molecular formula is C19H36N2O3. The smallest absolute Gasteiger partial charge is 0.407 e. The van der Waals surface area contributed by atoms with Crippen molar-refractivity contribution in [3.05, 3.63) is 0 Å². The number of hydrogen-bond acceptors (Lipinski definition) is 3. The number of nitrogens with one attached hydrogen (secondary N) is 1. The van der Waals surface area contributed by atoms with E-state index in [0.29, 0.717) is 18.9 Å². The summed E-state index contributed by atoms with van der Waals surface area (Å²) in [6.07, 6.45) is 3.22. The second-order valence-corrected chi connectivity index (χ2v) is 9.09. The Morgan fingerprint density at radius 3 is 2.33 bits per heavy atom. The molecule has 0 bridgehead atoms. The Morgan fingerprint density at radius 2 is 1.79 bits per heavy atom. The molecule has 0 aliphatic carbocycles. The normalized spacial score (nSPS) is 20.5. The van der Waals surface area contributed by atoms with Gasteiger partial charge < -0.3 is 15.0 Å². The van der Waals surface area contributed by atoms with Crippen LogP contribution < -0.4 is 5.32 Å². The maximum Gasteiger partial charge on any atom is 0.407 e. The number of piperidine rings is 1. The molecule has 2 unspecified atom stereocenters. The van der Waals surface area contributed by atoms with Crippen LogP contribution in [0.25, 0.3) is 0 Å². The summed E-state index contributed by atoms with van der Waals surface area (Å²) in [6.45, 7) is 15.4. The van der Waals surface area contributed by atoms with Crippen LogP contribution >= 0.6 is 0 Å². The van der Waals surface area contributed by atoms with Crippen LogP contribution in [0.5, 0.6) is 0 Å². The van der Waals surface area contributed by atoms with E-state index in [0.717, 1.165) is 25.8 Å². The van der Waals surface area contributed by atoms with E-state index in [1.54, 1.807) is 0 Å². The lowest BCUT2D eigenvalue weighted by Gasteiger charge is -2.38. The zero-order valence-electron chi connectivity index (χ0n) is 16.6. The molecule has 24 heavy (non-hydrogen) atoms. The Bertz CT molecular complexity index is 435. The Morgan fingerprint density at radius 1 is 1.17 bits per heavy atom. The molecule has 2 amide bonds. The van der Waals surface area contributed by atoms with E-state index in [1.807, 2.05) is 25.7 Å². The van der Waals surface area contributed by atoms with Crippen LogP contribution in [0.3, 0.4) is 0 Å². The minimum atomic E-state index is -0.506. The van der Waals surface area contributed by atoms with Crippen molar-refractivity contribution in [3.63, 3.8) is 0 Å². The monoisotopic (exact) mass is 340 g/mol. The molecule has 0 aromatic heterocycles. The Kier molecular flexibility index (Phi) is 7.11. The van der Waals surface area contributed by atoms with Crippen LogP contribution in [0.15, 0.2) is 0 Å². The molecule has 2 atom stereocenters. The molecule has 1 N–H and O–H groups in total. The molecule has 0 saturated carbocycles. The maximum absolute atomic E-state index is 12.7. The average molecular weight is 341 g/mol. The number of alkyl carbamates (subject to hydrolysis) is 1. The molecule has 1 rings (SSSR count). The van der Waals surface area contributed by atoms with Crippen LogP contribution in [0.1, 0.15) is 74.1 Å². The number of amides is 2. The summed E-state index contributed by atoms with van der Waals surface area (Å²) in [5, 5.41) is 2.82. The SMILES string of the molecule is CC(CC(=O)N1CCCCC1CNC(=O)OC(C)(C)C)C(C)(C)C. The fourth-order valence-corrected chi connectivity index (χ4v) is 2.74. The van der Waals surface area contributed by atoms with Crippen molar-refractivity contribution in [2.24, 2.45) is 11.3 Å². The summed E-state index contributed by atoms with van der Waals surface area (Å²) in [5.41, 5.74) is -0.385. The lowest BCUT2D eigenvalue weighted by molar-refractivity contribution is -0.136. The minimum Gasteiger partial charge on any atom is -0.444 e. The number of carbonyl (C=O) groups is 2. The highest BCUT2D eigenvalue weighted by atomic mass is 16.6. The zero-order valence-corrected chi connectivity index (χ0v) is 16.6. The van der Waals surface area contributed by atoms with Crippen LogP contribution in [-0.2, 0) is 9.53 Å². The second-order valence-electron chi connectivity index (χ2n) is 9.09. The predicted molar refractivity (Wildman–Crippen MR) is 96.8 cm³/mol. The number of rotatable bonds is 4. The number of nitrogens with zero attached hydrogens (tertiary/aromatic N) is 1. The van der Waals surface area contributed by atoms with E-state index in [-0.39, 0.29) is 17.4 Å². The lowest BCUT2D eigenvalue weighted by Crippen LogP contribution is -2.50. The summed E-state index contributed by atoms with van der Waals surface area (Å²) < 4.78 is 5.28. The molecule has 0 radical (unpaired) electrons. The molecule has 5 heteroatoms. The van der Waals surface area contributed by atoms with Crippen molar-refractivity contribution >= 4 is 12.0 Å². The van der Waals surface area contributed by atoms with Gasteiger partial charge in [0, 0.05) is 25.6 Å². The van der Waals surface area contributed by atoms with Gasteiger partial charge in [-0.25, -0.2) is 4.79 Å². The molecule has 5 nitrogen and oxygen atoms in total. The topological polar surface area (TPSA) is 58.6 Å². The second kappa shape index (κ2) is 8.21. The number of ether oxygens (including phenoxy) is 1. The molecule has 0 spiro atoms. The van der Waals surface area contributed by atoms with Crippen molar-refractivity contribution in [1.29, 1.82) is 0 Å². The number of carbonyl (C=O) groups excluding carboxylic acids is 2. The van der Waals surface area contributed by atoms with Gasteiger partial charge in [-0.3, -0.25) is 4.79 Å². The van der Waals surface area contributed by atoms with Gasteiger partial charge in [0.2, 0.25) is 5.91 Å². The van der Waals surface area contributed by atoms with Crippen molar-refractivity contribution in [2.75, 3.05) is 13.1 Å². The summed E-state index contributed by atoms with van der Waals surface area (Å²) in [6, 6.07) is 0.0749. The summed E-state index contributed by atoms with van der Waals surface area (Å²) in [4.78, 5) is 26.5.